The van der Waals surface area contributed by atoms with Crippen molar-refractivity contribution < 1.29 is 39.9 Å². The first-order valence-electron chi connectivity index (χ1n) is 3.36. The fourth-order valence-electron chi connectivity index (χ4n) is 0.564. The Morgan fingerprint density at radius 1 is 1.00 bits per heavy atom. The van der Waals surface area contributed by atoms with Gasteiger partial charge in [-0.25, -0.2) is 4.39 Å². The van der Waals surface area contributed by atoms with Crippen LogP contribution in [-0.2, 0) is 4.74 Å². The molecule has 9 heteroatoms. The molecule has 0 aromatic rings. The highest BCUT2D eigenvalue weighted by Crippen LogP contribution is 2.44. The van der Waals surface area contributed by atoms with Crippen LogP contribution in [0.4, 0.5) is 35.1 Å². The maximum atomic E-state index is 12.3. The third-order valence-corrected chi connectivity index (χ3v) is 1.29. The Kier molecular flexibility index (Phi) is 3.94. The highest BCUT2D eigenvalue weighted by Gasteiger charge is 2.70. The third kappa shape index (κ3) is 2.93. The molecule has 0 bridgehead atoms. The van der Waals surface area contributed by atoms with E-state index in [9.17, 15) is 35.1 Å². The Balaban J connectivity index is 4.91. The molecule has 15 heavy (non-hydrogen) atoms. The van der Waals surface area contributed by atoms with Gasteiger partial charge in [0.2, 0.25) is 0 Å². The summed E-state index contributed by atoms with van der Waals surface area (Å²) in [6.07, 6.45) is -16.5. The van der Waals surface area contributed by atoms with Crippen molar-refractivity contribution in [3.05, 3.63) is 6.92 Å². The smallest absolute Gasteiger partial charge is 0.318 e. The molecule has 0 heterocycles. The van der Waals surface area contributed by atoms with Crippen LogP contribution in [0.2, 0.25) is 0 Å². The molecule has 0 N–H and O–H groups in total. The quantitative estimate of drug-likeness (QED) is 0.692. The van der Waals surface area contributed by atoms with Gasteiger partial charge < -0.3 is 4.74 Å². The molecule has 0 aliphatic heterocycles. The van der Waals surface area contributed by atoms with E-state index >= 15 is 0 Å². The average Bonchev–Trinajstić information content (AvgIpc) is 2.00. The second-order valence-electron chi connectivity index (χ2n) is 2.39. The van der Waals surface area contributed by atoms with E-state index in [0.29, 0.717) is 0 Å². The topological polar surface area (TPSA) is 9.23 Å². The lowest BCUT2D eigenvalue weighted by Gasteiger charge is -2.28. The Bertz CT molecular complexity index is 210. The Morgan fingerprint density at radius 3 is 1.67 bits per heavy atom. The molecule has 1 atom stereocenters. The number of alkyl halides is 8. The lowest BCUT2D eigenvalue weighted by molar-refractivity contribution is -0.368. The number of hydrogen-bond acceptors (Lipinski definition) is 1. The van der Waals surface area contributed by atoms with E-state index in [0.717, 1.165) is 0 Å². The van der Waals surface area contributed by atoms with Gasteiger partial charge in [0.15, 0.2) is 0 Å². The van der Waals surface area contributed by atoms with E-state index in [2.05, 4.69) is 11.7 Å². The second kappa shape index (κ2) is 4.11. The highest BCUT2D eigenvalue weighted by atomic mass is 19.4. The van der Waals surface area contributed by atoms with Gasteiger partial charge in [-0.05, 0) is 6.92 Å². The van der Waals surface area contributed by atoms with Crippen LogP contribution in [0.15, 0.2) is 0 Å². The number of ether oxygens (including phenoxy) is 1. The predicted octanol–water partition coefficient (Wildman–Crippen LogP) is 2.97. The van der Waals surface area contributed by atoms with Gasteiger partial charge in [-0.2, -0.15) is 30.7 Å². The molecule has 0 saturated carbocycles. The Morgan fingerprint density at radius 2 is 1.40 bits per heavy atom. The molecule has 1 unspecified atom stereocenters. The minimum absolute atomic E-state index is 1.15. The predicted molar refractivity (Wildman–Crippen MR) is 32.2 cm³/mol. The summed E-state index contributed by atoms with van der Waals surface area (Å²) in [5.74, 6) is -6.19. The molecule has 0 rings (SSSR count). The van der Waals surface area contributed by atoms with E-state index in [-0.39, 0.29) is 0 Å². The second-order valence-corrected chi connectivity index (χ2v) is 2.39. The van der Waals surface area contributed by atoms with Gasteiger partial charge >= 0.3 is 18.2 Å². The van der Waals surface area contributed by atoms with Crippen molar-refractivity contribution in [3.8, 4) is 0 Å². The standard InChI is InChI=1S/C6H5F8O/c1-2-15-5(10,11)3(7)4(8,9)6(12,13)14/h3H,1-2H2. The summed E-state index contributed by atoms with van der Waals surface area (Å²) in [5.41, 5.74) is 0. The maximum absolute atomic E-state index is 12.3. The molecule has 0 fully saturated rings. The van der Waals surface area contributed by atoms with Gasteiger partial charge in [-0.1, -0.05) is 0 Å². The lowest BCUT2D eigenvalue weighted by Crippen LogP contribution is -2.53. The molecule has 0 amide bonds. The maximum Gasteiger partial charge on any atom is 0.456 e. The summed E-state index contributed by atoms with van der Waals surface area (Å²) >= 11 is 0. The van der Waals surface area contributed by atoms with Gasteiger partial charge in [0, 0.05) is 0 Å². The van der Waals surface area contributed by atoms with Crippen molar-refractivity contribution in [2.45, 2.75) is 24.4 Å². The largest absolute Gasteiger partial charge is 0.456 e. The van der Waals surface area contributed by atoms with Crippen molar-refractivity contribution in [1.29, 1.82) is 0 Å². The molecule has 0 saturated heterocycles. The summed E-state index contributed by atoms with van der Waals surface area (Å²) in [7, 11) is 0. The van der Waals surface area contributed by atoms with Gasteiger partial charge in [0.1, 0.15) is 0 Å². The molecule has 0 spiro atoms. The van der Waals surface area contributed by atoms with E-state index in [1.807, 2.05) is 0 Å². The molecule has 0 aromatic carbocycles. The summed E-state index contributed by atoms with van der Waals surface area (Å²) in [6.45, 7) is 1.45. The number of hydrogen-bond donors (Lipinski definition) is 0. The van der Waals surface area contributed by atoms with Crippen LogP contribution in [0.1, 0.15) is 0 Å². The molecule has 0 aromatic heterocycles. The fraction of sp³-hybridized carbons (Fsp3) is 0.833. The number of rotatable bonds is 4. The van der Waals surface area contributed by atoms with Crippen LogP contribution in [0, 0.1) is 6.92 Å². The molecule has 0 aliphatic rings. The van der Waals surface area contributed by atoms with Crippen LogP contribution in [-0.4, -0.2) is 31.0 Å². The van der Waals surface area contributed by atoms with Crippen LogP contribution in [0.25, 0.3) is 0 Å². The van der Waals surface area contributed by atoms with Crippen molar-refractivity contribution in [2.24, 2.45) is 0 Å². The summed E-state index contributed by atoms with van der Waals surface area (Å²) < 4.78 is 98.3. The normalized spacial score (nSPS) is 16.6. The van der Waals surface area contributed by atoms with Crippen molar-refractivity contribution in [1.82, 2.24) is 0 Å². The van der Waals surface area contributed by atoms with Gasteiger partial charge in [0.05, 0.1) is 6.61 Å². The zero-order valence-electron chi connectivity index (χ0n) is 6.92. The molecular formula is C6H5F8O. The first kappa shape index (κ1) is 14.4. The zero-order valence-corrected chi connectivity index (χ0v) is 6.92. The van der Waals surface area contributed by atoms with E-state index in [1.165, 1.54) is 0 Å². The van der Waals surface area contributed by atoms with Crippen molar-refractivity contribution >= 4 is 0 Å². The Hall–Kier alpha value is -0.600. The summed E-state index contributed by atoms with van der Waals surface area (Å²) in [4.78, 5) is 0. The first-order valence-corrected chi connectivity index (χ1v) is 3.36. The highest BCUT2D eigenvalue weighted by molar-refractivity contribution is 4.89. The minimum atomic E-state index is -6.42. The van der Waals surface area contributed by atoms with Gasteiger partial charge in [0.25, 0.3) is 6.17 Å². The van der Waals surface area contributed by atoms with Crippen LogP contribution in [0.3, 0.4) is 0 Å². The van der Waals surface area contributed by atoms with Gasteiger partial charge in [-0.15, -0.1) is 0 Å². The summed E-state index contributed by atoms with van der Waals surface area (Å²) in [5, 5.41) is 0. The van der Waals surface area contributed by atoms with E-state index in [1.54, 1.807) is 0 Å². The van der Waals surface area contributed by atoms with E-state index < -0.39 is 31.0 Å². The molecule has 0 aliphatic carbocycles. The van der Waals surface area contributed by atoms with Gasteiger partial charge in [-0.3, -0.25) is 0 Å². The monoisotopic (exact) mass is 245 g/mol. The Labute approximate surface area is 79.0 Å². The number of halogens is 8. The zero-order chi connectivity index (χ0) is 12.5. The van der Waals surface area contributed by atoms with Crippen molar-refractivity contribution in [3.63, 3.8) is 0 Å². The minimum Gasteiger partial charge on any atom is -0.318 e. The third-order valence-electron chi connectivity index (χ3n) is 1.29. The van der Waals surface area contributed by atoms with Crippen LogP contribution < -0.4 is 0 Å². The van der Waals surface area contributed by atoms with E-state index in [4.69, 9.17) is 0 Å². The average molecular weight is 245 g/mol. The van der Waals surface area contributed by atoms with Crippen molar-refractivity contribution in [2.75, 3.05) is 6.61 Å². The SMILES string of the molecule is [CH2]COC(F)(F)C(F)C(F)(F)C(F)(F)F. The molecule has 1 nitrogen and oxygen atoms in total. The molecular weight excluding hydrogens is 240 g/mol. The molecule has 91 valence electrons. The fourth-order valence-corrected chi connectivity index (χ4v) is 0.564. The van der Waals surface area contributed by atoms with Crippen LogP contribution >= 0.6 is 0 Å². The first-order chi connectivity index (χ1) is 6.47. The lowest BCUT2D eigenvalue weighted by atomic mass is 10.2. The van der Waals surface area contributed by atoms with Crippen LogP contribution in [0.5, 0.6) is 0 Å². The summed E-state index contributed by atoms with van der Waals surface area (Å²) in [6, 6.07) is 0. The molecule has 1 radical (unpaired) electrons.